The first kappa shape index (κ1) is 15.4. The maximum absolute atomic E-state index is 13.3. The number of rotatable bonds is 4. The fourth-order valence-corrected chi connectivity index (χ4v) is 4.43. The van der Waals surface area contributed by atoms with Crippen LogP contribution >= 0.6 is 0 Å². The summed E-state index contributed by atoms with van der Waals surface area (Å²) in [6, 6.07) is 5.95. The summed E-state index contributed by atoms with van der Waals surface area (Å²) in [4.78, 5) is 19.7. The highest BCUT2D eigenvalue weighted by atomic mass is 16.2. The van der Waals surface area contributed by atoms with E-state index in [0.717, 1.165) is 25.9 Å². The molecule has 0 aromatic carbocycles. The first-order valence-corrected chi connectivity index (χ1v) is 8.87. The monoisotopic (exact) mass is 324 g/mol. The normalized spacial score (nSPS) is 25.6. The van der Waals surface area contributed by atoms with Crippen LogP contribution in [-0.4, -0.2) is 32.1 Å². The van der Waals surface area contributed by atoms with Crippen LogP contribution in [0.1, 0.15) is 49.2 Å². The molecule has 2 atom stereocenters. The van der Waals surface area contributed by atoms with Crippen molar-refractivity contribution >= 4 is 5.91 Å². The number of pyridine rings is 1. The van der Waals surface area contributed by atoms with E-state index in [-0.39, 0.29) is 11.4 Å². The number of carbonyl (C=O) groups excluding carboxylic acids is 1. The van der Waals surface area contributed by atoms with Crippen LogP contribution in [0.4, 0.5) is 0 Å². The molecule has 24 heavy (non-hydrogen) atoms. The Kier molecular flexibility index (Phi) is 3.66. The van der Waals surface area contributed by atoms with Gasteiger partial charge in [-0.1, -0.05) is 19.9 Å². The summed E-state index contributed by atoms with van der Waals surface area (Å²) in [6.45, 7) is 5.88. The molecule has 0 bridgehead atoms. The van der Waals surface area contributed by atoms with E-state index in [1.54, 1.807) is 12.4 Å². The number of aromatic nitrogens is 3. The number of carbonyl (C=O) groups is 1. The molecule has 1 saturated carbocycles. The number of fused-ring (bicyclic) bond motifs is 1. The van der Waals surface area contributed by atoms with Gasteiger partial charge in [-0.15, -0.1) is 0 Å². The third kappa shape index (κ3) is 2.18. The van der Waals surface area contributed by atoms with Gasteiger partial charge in [0.2, 0.25) is 0 Å². The van der Waals surface area contributed by atoms with Crippen LogP contribution in [0.25, 0.3) is 0 Å². The molecule has 0 unspecified atom stereocenters. The summed E-state index contributed by atoms with van der Waals surface area (Å²) in [5, 5.41) is 4.36. The van der Waals surface area contributed by atoms with Crippen molar-refractivity contribution in [3.8, 4) is 0 Å². The van der Waals surface area contributed by atoms with Crippen LogP contribution < -0.4 is 0 Å². The van der Waals surface area contributed by atoms with Crippen LogP contribution in [0.5, 0.6) is 0 Å². The molecule has 0 radical (unpaired) electrons. The van der Waals surface area contributed by atoms with Gasteiger partial charge in [0.25, 0.3) is 5.91 Å². The van der Waals surface area contributed by atoms with E-state index < -0.39 is 0 Å². The van der Waals surface area contributed by atoms with Gasteiger partial charge in [0.05, 0.1) is 5.54 Å². The van der Waals surface area contributed by atoms with Gasteiger partial charge >= 0.3 is 0 Å². The predicted octanol–water partition coefficient (Wildman–Crippen LogP) is 3.09. The van der Waals surface area contributed by atoms with E-state index in [4.69, 9.17) is 0 Å². The van der Waals surface area contributed by atoms with Gasteiger partial charge in [-0.3, -0.25) is 14.5 Å². The molecule has 2 fully saturated rings. The molecule has 1 aliphatic carbocycles. The minimum absolute atomic E-state index is 0.110. The van der Waals surface area contributed by atoms with Crippen LogP contribution in [0.2, 0.25) is 0 Å². The summed E-state index contributed by atoms with van der Waals surface area (Å²) in [5.41, 5.74) is 1.74. The molecule has 1 amide bonds. The molecule has 3 heterocycles. The Balaban J connectivity index is 1.69. The van der Waals surface area contributed by atoms with Crippen molar-refractivity contribution in [2.24, 2.45) is 11.8 Å². The van der Waals surface area contributed by atoms with E-state index in [1.807, 2.05) is 23.0 Å². The fraction of sp³-hybridized carbons (Fsp3) is 0.526. The van der Waals surface area contributed by atoms with Gasteiger partial charge in [-0.25, -0.2) is 0 Å². The molecule has 2 aromatic rings. The topological polar surface area (TPSA) is 51.0 Å². The first-order chi connectivity index (χ1) is 11.6. The minimum atomic E-state index is -0.154. The van der Waals surface area contributed by atoms with Crippen molar-refractivity contribution in [3.05, 3.63) is 48.0 Å². The highest BCUT2D eigenvalue weighted by Gasteiger charge is 2.57. The lowest BCUT2D eigenvalue weighted by molar-refractivity contribution is 0.0133. The van der Waals surface area contributed by atoms with E-state index in [1.165, 1.54) is 12.0 Å². The highest BCUT2D eigenvalue weighted by Crippen LogP contribution is 2.57. The molecule has 1 aliphatic heterocycles. The molecule has 4 rings (SSSR count). The number of likely N-dealkylation sites (tertiary alicyclic amines) is 1. The first-order valence-electron chi connectivity index (χ1n) is 8.87. The van der Waals surface area contributed by atoms with Gasteiger partial charge in [0, 0.05) is 31.7 Å². The maximum Gasteiger partial charge on any atom is 0.272 e. The fourth-order valence-electron chi connectivity index (χ4n) is 4.43. The lowest BCUT2D eigenvalue weighted by Crippen LogP contribution is -2.54. The molecule has 0 N–H and O–H groups in total. The molecule has 5 heteroatoms. The molecule has 126 valence electrons. The van der Waals surface area contributed by atoms with Crippen molar-refractivity contribution < 1.29 is 4.79 Å². The van der Waals surface area contributed by atoms with Crippen LogP contribution in [0.3, 0.4) is 0 Å². The van der Waals surface area contributed by atoms with Gasteiger partial charge in [0.15, 0.2) is 0 Å². The predicted molar refractivity (Wildman–Crippen MR) is 91.4 cm³/mol. The summed E-state index contributed by atoms with van der Waals surface area (Å²) < 4.78 is 1.86. The van der Waals surface area contributed by atoms with E-state index >= 15 is 0 Å². The van der Waals surface area contributed by atoms with Crippen LogP contribution in [0, 0.1) is 11.8 Å². The van der Waals surface area contributed by atoms with E-state index in [2.05, 4.69) is 34.9 Å². The molecule has 2 aliphatic rings. The third-order valence-corrected chi connectivity index (χ3v) is 5.61. The Morgan fingerprint density at radius 3 is 2.88 bits per heavy atom. The zero-order chi connectivity index (χ0) is 16.7. The Hall–Kier alpha value is -2.17. The highest BCUT2D eigenvalue weighted by molar-refractivity contribution is 5.93. The largest absolute Gasteiger partial charge is 0.327 e. The molecule has 0 spiro atoms. The number of amides is 1. The smallest absolute Gasteiger partial charge is 0.272 e. The zero-order valence-electron chi connectivity index (χ0n) is 14.4. The minimum Gasteiger partial charge on any atom is -0.327 e. The number of hydrogen-bond donors (Lipinski definition) is 0. The second-order valence-corrected chi connectivity index (χ2v) is 7.44. The van der Waals surface area contributed by atoms with Crippen LogP contribution in [-0.2, 0) is 12.1 Å². The second kappa shape index (κ2) is 5.72. The molecular weight excluding hydrogens is 300 g/mol. The molecule has 1 saturated heterocycles. The quantitative estimate of drug-likeness (QED) is 0.868. The Bertz CT molecular complexity index is 739. The van der Waals surface area contributed by atoms with Crippen molar-refractivity contribution in [2.75, 3.05) is 6.54 Å². The number of nitrogens with zero attached hydrogens (tertiary/aromatic N) is 4. The lowest BCUT2D eigenvalue weighted by Gasteiger charge is -2.50. The third-order valence-electron chi connectivity index (χ3n) is 5.61. The second-order valence-electron chi connectivity index (χ2n) is 7.44. The Labute approximate surface area is 142 Å². The van der Waals surface area contributed by atoms with Gasteiger partial charge < -0.3 is 4.90 Å². The maximum atomic E-state index is 13.3. The van der Waals surface area contributed by atoms with Gasteiger partial charge in [-0.05, 0) is 48.8 Å². The molecule has 5 nitrogen and oxygen atoms in total. The number of hydrogen-bond acceptors (Lipinski definition) is 3. The SMILES string of the molecule is CC(C)Cn1nccc1C(=O)N1CC[C@@H]2CC[C@@]21c1cccnc1. The summed E-state index contributed by atoms with van der Waals surface area (Å²) >= 11 is 0. The lowest BCUT2D eigenvalue weighted by atomic mass is 9.64. The average Bonchev–Trinajstić information content (AvgIpc) is 3.10. The molecular formula is C19H24N4O. The Morgan fingerprint density at radius 1 is 1.33 bits per heavy atom. The van der Waals surface area contributed by atoms with Crippen molar-refractivity contribution in [3.63, 3.8) is 0 Å². The van der Waals surface area contributed by atoms with Crippen molar-refractivity contribution in [1.29, 1.82) is 0 Å². The van der Waals surface area contributed by atoms with Crippen molar-refractivity contribution in [2.45, 2.75) is 45.2 Å². The van der Waals surface area contributed by atoms with E-state index in [9.17, 15) is 4.79 Å². The zero-order valence-corrected chi connectivity index (χ0v) is 14.4. The summed E-state index contributed by atoms with van der Waals surface area (Å²) in [5.74, 6) is 1.13. The van der Waals surface area contributed by atoms with Gasteiger partial charge in [-0.2, -0.15) is 5.10 Å². The standard InChI is InChI=1S/C19H24N4O/c1-14(2)13-23-17(6-10-21-23)18(24)22-11-7-15-5-8-19(15,22)16-4-3-9-20-12-16/h3-4,6,9-10,12,14-15H,5,7-8,11,13H2,1-2H3/t15-,19-/m0/s1. The average molecular weight is 324 g/mol. The van der Waals surface area contributed by atoms with Crippen LogP contribution in [0.15, 0.2) is 36.8 Å². The van der Waals surface area contributed by atoms with Gasteiger partial charge in [0.1, 0.15) is 5.69 Å². The Morgan fingerprint density at radius 2 is 2.21 bits per heavy atom. The molecule has 2 aromatic heterocycles. The summed E-state index contributed by atoms with van der Waals surface area (Å²) in [6.07, 6.45) is 8.78. The van der Waals surface area contributed by atoms with E-state index in [0.29, 0.717) is 17.5 Å². The van der Waals surface area contributed by atoms with Crippen molar-refractivity contribution in [1.82, 2.24) is 19.7 Å². The summed E-state index contributed by atoms with van der Waals surface area (Å²) in [7, 11) is 0.